The molecule has 1 rings (SSSR count). The molecule has 0 bridgehead atoms. The molecule has 0 aromatic heterocycles. The molecule has 0 amide bonds. The zero-order valence-corrected chi connectivity index (χ0v) is 13.5. The molecule has 2 unspecified atom stereocenters. The number of benzene rings is 1. The molecule has 114 valence electrons. The lowest BCUT2D eigenvalue weighted by molar-refractivity contribution is 0.351. The topological polar surface area (TPSA) is 12.0 Å². The fourth-order valence-electron chi connectivity index (χ4n) is 2.81. The number of nitrogens with one attached hydrogen (secondary N) is 1. The minimum atomic E-state index is -0.0769. The predicted octanol–water partition coefficient (Wildman–Crippen LogP) is 5.39. The van der Waals surface area contributed by atoms with Crippen LogP contribution in [-0.4, -0.2) is 6.54 Å². The van der Waals surface area contributed by atoms with Crippen molar-refractivity contribution in [2.24, 2.45) is 5.92 Å². The van der Waals surface area contributed by atoms with E-state index in [1.165, 1.54) is 25.7 Å². The normalized spacial score (nSPS) is 14.2. The van der Waals surface area contributed by atoms with Crippen LogP contribution in [0.1, 0.15) is 70.0 Å². The van der Waals surface area contributed by atoms with Crippen LogP contribution >= 0.6 is 0 Å². The van der Waals surface area contributed by atoms with Gasteiger partial charge in [0.25, 0.3) is 0 Å². The van der Waals surface area contributed by atoms with E-state index in [1.807, 2.05) is 19.1 Å². The first-order valence-electron chi connectivity index (χ1n) is 8.11. The Morgan fingerprint density at radius 3 is 2.55 bits per heavy atom. The Bertz CT molecular complexity index is 389. The van der Waals surface area contributed by atoms with E-state index in [0.717, 1.165) is 24.1 Å². The van der Waals surface area contributed by atoms with Gasteiger partial charge in [-0.1, -0.05) is 64.2 Å². The van der Waals surface area contributed by atoms with Crippen LogP contribution in [0.15, 0.2) is 18.2 Å². The maximum absolute atomic E-state index is 14.1. The lowest BCUT2D eigenvalue weighted by atomic mass is 9.88. The summed E-state index contributed by atoms with van der Waals surface area (Å²) in [6.07, 6.45) is 5.97. The molecule has 0 spiro atoms. The predicted molar refractivity (Wildman–Crippen MR) is 85.5 cm³/mol. The lowest BCUT2D eigenvalue weighted by Crippen LogP contribution is -2.24. The second-order valence-electron chi connectivity index (χ2n) is 5.79. The number of hydrogen-bond donors (Lipinski definition) is 1. The van der Waals surface area contributed by atoms with Crippen molar-refractivity contribution in [3.8, 4) is 0 Å². The van der Waals surface area contributed by atoms with Gasteiger partial charge in [0.15, 0.2) is 0 Å². The van der Waals surface area contributed by atoms with Gasteiger partial charge in [0.2, 0.25) is 0 Å². The molecule has 2 atom stereocenters. The van der Waals surface area contributed by atoms with E-state index in [2.05, 4.69) is 26.1 Å². The highest BCUT2D eigenvalue weighted by Crippen LogP contribution is 2.28. The molecule has 2 heteroatoms. The van der Waals surface area contributed by atoms with E-state index < -0.39 is 0 Å². The zero-order chi connectivity index (χ0) is 15.0. The maximum atomic E-state index is 14.1. The Labute approximate surface area is 124 Å². The number of rotatable bonds is 9. The van der Waals surface area contributed by atoms with Gasteiger partial charge in [-0.25, -0.2) is 4.39 Å². The van der Waals surface area contributed by atoms with Gasteiger partial charge in [0.05, 0.1) is 0 Å². The van der Waals surface area contributed by atoms with Crippen LogP contribution in [-0.2, 0) is 0 Å². The highest BCUT2D eigenvalue weighted by Gasteiger charge is 2.19. The molecule has 1 aromatic carbocycles. The monoisotopic (exact) mass is 279 g/mol. The molecular formula is C18H30FN. The molecule has 1 N–H and O–H groups in total. The first kappa shape index (κ1) is 17.2. The second kappa shape index (κ2) is 9.12. The van der Waals surface area contributed by atoms with Crippen LogP contribution in [0.3, 0.4) is 0 Å². The zero-order valence-electron chi connectivity index (χ0n) is 13.5. The van der Waals surface area contributed by atoms with Crippen LogP contribution < -0.4 is 5.32 Å². The number of aryl methyl sites for hydroxylation is 1. The summed E-state index contributed by atoms with van der Waals surface area (Å²) in [5, 5.41) is 3.47. The van der Waals surface area contributed by atoms with E-state index in [-0.39, 0.29) is 11.9 Å². The highest BCUT2D eigenvalue weighted by molar-refractivity contribution is 5.27. The number of hydrogen-bond acceptors (Lipinski definition) is 1. The smallest absolute Gasteiger partial charge is 0.127 e. The molecule has 0 saturated heterocycles. The third-order valence-corrected chi connectivity index (χ3v) is 4.09. The fraction of sp³-hybridized carbons (Fsp3) is 0.667. The Hall–Kier alpha value is -0.890. The summed E-state index contributed by atoms with van der Waals surface area (Å²) in [7, 11) is 0. The van der Waals surface area contributed by atoms with Crippen LogP contribution in [0.25, 0.3) is 0 Å². The maximum Gasteiger partial charge on any atom is 0.127 e. The molecule has 0 radical (unpaired) electrons. The summed E-state index contributed by atoms with van der Waals surface area (Å²) in [5.41, 5.74) is 1.97. The van der Waals surface area contributed by atoms with Crippen molar-refractivity contribution < 1.29 is 4.39 Å². The van der Waals surface area contributed by atoms with Crippen molar-refractivity contribution in [3.63, 3.8) is 0 Å². The summed E-state index contributed by atoms with van der Waals surface area (Å²) in [6, 6.07) is 5.58. The van der Waals surface area contributed by atoms with Crippen molar-refractivity contribution in [1.29, 1.82) is 0 Å². The summed E-state index contributed by atoms with van der Waals surface area (Å²) >= 11 is 0. The third kappa shape index (κ3) is 5.24. The van der Waals surface area contributed by atoms with Gasteiger partial charge in [-0.2, -0.15) is 0 Å². The van der Waals surface area contributed by atoms with E-state index >= 15 is 0 Å². The standard InChI is InChI=1S/C18H30FN/c1-5-8-9-15(6-2)13-18(20-7-3)16-12-14(4)10-11-17(16)19/h10-12,15,18,20H,5-9,13H2,1-4H3. The Kier molecular flexibility index (Phi) is 7.83. The highest BCUT2D eigenvalue weighted by atomic mass is 19.1. The molecule has 1 nitrogen and oxygen atoms in total. The average Bonchev–Trinajstić information content (AvgIpc) is 2.45. The molecular weight excluding hydrogens is 249 g/mol. The average molecular weight is 279 g/mol. The van der Waals surface area contributed by atoms with Gasteiger partial charge in [0, 0.05) is 11.6 Å². The molecule has 20 heavy (non-hydrogen) atoms. The molecule has 0 aliphatic rings. The molecule has 0 fully saturated rings. The lowest BCUT2D eigenvalue weighted by Gasteiger charge is -2.24. The van der Waals surface area contributed by atoms with E-state index in [0.29, 0.717) is 5.92 Å². The Balaban J connectivity index is 2.84. The van der Waals surface area contributed by atoms with Crippen LogP contribution in [0.2, 0.25) is 0 Å². The summed E-state index contributed by atoms with van der Waals surface area (Å²) < 4.78 is 14.1. The second-order valence-corrected chi connectivity index (χ2v) is 5.79. The van der Waals surface area contributed by atoms with Crippen LogP contribution in [0.5, 0.6) is 0 Å². The van der Waals surface area contributed by atoms with Crippen molar-refractivity contribution in [3.05, 3.63) is 35.1 Å². The van der Waals surface area contributed by atoms with Crippen LogP contribution in [0.4, 0.5) is 4.39 Å². The Morgan fingerprint density at radius 1 is 1.20 bits per heavy atom. The number of unbranched alkanes of at least 4 members (excludes halogenated alkanes) is 1. The van der Waals surface area contributed by atoms with Gasteiger partial charge < -0.3 is 5.32 Å². The molecule has 0 saturated carbocycles. The molecule has 0 heterocycles. The largest absolute Gasteiger partial charge is 0.310 e. The van der Waals surface area contributed by atoms with Gasteiger partial charge >= 0.3 is 0 Å². The molecule has 0 aliphatic carbocycles. The first-order chi connectivity index (χ1) is 9.62. The van der Waals surface area contributed by atoms with Gasteiger partial charge in [0.1, 0.15) is 5.82 Å². The van der Waals surface area contributed by atoms with Crippen molar-refractivity contribution in [2.45, 2.75) is 65.8 Å². The third-order valence-electron chi connectivity index (χ3n) is 4.09. The van der Waals surface area contributed by atoms with Gasteiger partial charge in [-0.05, 0) is 31.9 Å². The summed E-state index contributed by atoms with van der Waals surface area (Å²) in [6.45, 7) is 9.47. The minimum absolute atomic E-state index is 0.0769. The van der Waals surface area contributed by atoms with Crippen molar-refractivity contribution >= 4 is 0 Å². The molecule has 1 aromatic rings. The van der Waals surface area contributed by atoms with Crippen molar-refractivity contribution in [2.75, 3.05) is 6.54 Å². The quantitative estimate of drug-likeness (QED) is 0.639. The summed E-state index contributed by atoms with van der Waals surface area (Å²) in [4.78, 5) is 0. The fourth-order valence-corrected chi connectivity index (χ4v) is 2.81. The Morgan fingerprint density at radius 2 is 1.95 bits per heavy atom. The van der Waals surface area contributed by atoms with E-state index in [1.54, 1.807) is 6.07 Å². The van der Waals surface area contributed by atoms with Gasteiger partial charge in [-0.15, -0.1) is 0 Å². The number of halogens is 1. The minimum Gasteiger partial charge on any atom is -0.310 e. The van der Waals surface area contributed by atoms with E-state index in [4.69, 9.17) is 0 Å². The first-order valence-corrected chi connectivity index (χ1v) is 8.11. The van der Waals surface area contributed by atoms with Gasteiger partial charge in [-0.3, -0.25) is 0 Å². The summed E-state index contributed by atoms with van der Waals surface area (Å²) in [5.74, 6) is 0.603. The SMILES string of the molecule is CCCCC(CC)CC(NCC)c1cc(C)ccc1F. The van der Waals surface area contributed by atoms with E-state index in [9.17, 15) is 4.39 Å². The molecule has 0 aliphatic heterocycles. The van der Waals surface area contributed by atoms with Crippen LogP contribution in [0, 0.1) is 18.7 Å². The van der Waals surface area contributed by atoms with Crippen molar-refractivity contribution in [1.82, 2.24) is 5.32 Å².